The molecule has 2 N–H and O–H groups in total. The number of rotatable bonds is 5. The molecule has 3 aliphatic rings. The van der Waals surface area contributed by atoms with E-state index in [-0.39, 0.29) is 17.4 Å². The number of aliphatic hydroxyl groups excluding tert-OH is 1. The van der Waals surface area contributed by atoms with Crippen LogP contribution >= 0.6 is 0 Å². The summed E-state index contributed by atoms with van der Waals surface area (Å²) >= 11 is 0. The molecule has 0 saturated heterocycles. The van der Waals surface area contributed by atoms with E-state index in [0.717, 1.165) is 56.1 Å². The number of hydrogen-bond donors (Lipinski definition) is 2. The third-order valence-electron chi connectivity index (χ3n) is 8.22. The van der Waals surface area contributed by atoms with Crippen LogP contribution in [0.25, 0.3) is 0 Å². The van der Waals surface area contributed by atoms with Gasteiger partial charge in [0.05, 0.1) is 11.7 Å². The number of allylic oxidation sites excluding steroid dienone is 5. The van der Waals surface area contributed by atoms with Crippen molar-refractivity contribution in [3.63, 3.8) is 0 Å². The molecule has 0 aromatic rings. The Bertz CT molecular complexity index is 898. The fourth-order valence-electron chi connectivity index (χ4n) is 6.15. The van der Waals surface area contributed by atoms with Gasteiger partial charge in [0, 0.05) is 14.1 Å². The fraction of sp³-hybridized carbons (Fsp3) is 0.714. The molecule has 3 fully saturated rings. The predicted octanol–water partition coefficient (Wildman–Crippen LogP) is 6.76. The molecule has 0 heterocycles. The van der Waals surface area contributed by atoms with Crippen molar-refractivity contribution in [2.24, 2.45) is 29.1 Å². The van der Waals surface area contributed by atoms with E-state index in [4.69, 9.17) is 8.22 Å². The highest BCUT2D eigenvalue weighted by Crippen LogP contribution is 2.59. The van der Waals surface area contributed by atoms with Gasteiger partial charge in [-0.05, 0) is 93.8 Å². The first-order chi connectivity index (χ1) is 16.5. The molecule has 3 saturated carbocycles. The molecule has 0 aromatic carbocycles. The molecule has 0 unspecified atom stereocenters. The lowest BCUT2D eigenvalue weighted by molar-refractivity contribution is 0.0436. The molecule has 0 aliphatic heterocycles. The number of aliphatic hydroxyl groups is 2. The number of hydrogen-bond acceptors (Lipinski definition) is 2. The largest absolute Gasteiger partial charge is 0.393 e. The highest BCUT2D eigenvalue weighted by Gasteiger charge is 2.50. The predicted molar refractivity (Wildman–Crippen MR) is 127 cm³/mol. The Morgan fingerprint density at radius 2 is 1.93 bits per heavy atom. The van der Waals surface area contributed by atoms with Crippen molar-refractivity contribution in [1.29, 1.82) is 0 Å². The first-order valence-corrected chi connectivity index (χ1v) is 11.7. The van der Waals surface area contributed by atoms with Gasteiger partial charge in [-0.1, -0.05) is 62.8 Å². The fourth-order valence-corrected chi connectivity index (χ4v) is 6.15. The lowest BCUT2D eigenvalue weighted by atomic mass is 9.61. The van der Waals surface area contributed by atoms with Gasteiger partial charge in [-0.25, -0.2) is 0 Å². The minimum Gasteiger partial charge on any atom is -0.393 e. The molecule has 6 atom stereocenters. The minimum absolute atomic E-state index is 0.114. The summed E-state index contributed by atoms with van der Waals surface area (Å²) in [5, 5.41) is 20.9. The normalized spacial score (nSPS) is 41.5. The average molecular weight is 419 g/mol. The van der Waals surface area contributed by atoms with Crippen molar-refractivity contribution in [3.8, 4) is 0 Å². The van der Waals surface area contributed by atoms with Crippen LogP contribution < -0.4 is 0 Å². The van der Waals surface area contributed by atoms with Crippen LogP contribution in [-0.4, -0.2) is 21.9 Å². The van der Waals surface area contributed by atoms with Crippen LogP contribution in [0.4, 0.5) is 0 Å². The maximum atomic E-state index is 10.8. The zero-order chi connectivity index (χ0) is 27.1. The van der Waals surface area contributed by atoms with Gasteiger partial charge in [0.25, 0.3) is 0 Å². The van der Waals surface area contributed by atoms with Crippen molar-refractivity contribution in [3.05, 3.63) is 47.6 Å². The summed E-state index contributed by atoms with van der Waals surface area (Å²) in [5.74, 6) is -0.0459. The summed E-state index contributed by atoms with van der Waals surface area (Å²) in [7, 11) is 0. The minimum atomic E-state index is -3.02. The van der Waals surface area contributed by atoms with E-state index in [0.29, 0.717) is 18.3 Å². The standard InChI is InChI=1S/C28H44O2/c1-19-10-14-24(29)18-23(19)13-12-22-8-7-17-28(6)25(15-16-26(22)28)20(2)9-11-21(3)27(4,5)30/h9,11-13,20-21,24-26,29-30H,1,7-8,10,14-18H2,2-6H3/b11-9?,22-12-,23-13+/t20-,21+,24+,25-,26+,28-/m1/s1/i4D3,5D3. The van der Waals surface area contributed by atoms with Crippen molar-refractivity contribution >= 4 is 0 Å². The molecule has 0 bridgehead atoms. The van der Waals surface area contributed by atoms with Crippen LogP contribution in [0.5, 0.6) is 0 Å². The zero-order valence-corrected chi connectivity index (χ0v) is 19.0. The van der Waals surface area contributed by atoms with Gasteiger partial charge in [0.1, 0.15) is 0 Å². The molecule has 168 valence electrons. The molecular formula is C28H44O2. The van der Waals surface area contributed by atoms with E-state index in [1.807, 2.05) is 6.08 Å². The second-order valence-corrected chi connectivity index (χ2v) is 10.3. The maximum Gasteiger partial charge on any atom is 0.0651 e. The summed E-state index contributed by atoms with van der Waals surface area (Å²) in [4.78, 5) is 0. The summed E-state index contributed by atoms with van der Waals surface area (Å²) < 4.78 is 46.2. The van der Waals surface area contributed by atoms with Gasteiger partial charge < -0.3 is 10.2 Å². The van der Waals surface area contributed by atoms with Crippen molar-refractivity contribution < 1.29 is 18.4 Å². The van der Waals surface area contributed by atoms with E-state index in [9.17, 15) is 10.2 Å². The average Bonchev–Trinajstić information content (AvgIpc) is 3.13. The molecule has 3 rings (SSSR count). The Morgan fingerprint density at radius 1 is 1.17 bits per heavy atom. The zero-order valence-electron chi connectivity index (χ0n) is 25.0. The van der Waals surface area contributed by atoms with Crippen LogP contribution in [-0.2, 0) is 0 Å². The Labute approximate surface area is 193 Å². The summed E-state index contributed by atoms with van der Waals surface area (Å²) in [6, 6.07) is 0. The van der Waals surface area contributed by atoms with E-state index < -0.39 is 25.2 Å². The third kappa shape index (κ3) is 5.02. The maximum absolute atomic E-state index is 10.8. The summed E-state index contributed by atoms with van der Waals surface area (Å²) in [6.45, 7) is 4.12. The van der Waals surface area contributed by atoms with Crippen molar-refractivity contribution in [1.82, 2.24) is 0 Å². The van der Waals surface area contributed by atoms with Crippen LogP contribution in [0.2, 0.25) is 0 Å². The number of fused-ring (bicyclic) bond motifs is 1. The topological polar surface area (TPSA) is 40.5 Å². The monoisotopic (exact) mass is 418 g/mol. The molecule has 2 heteroatoms. The lowest BCUT2D eigenvalue weighted by Crippen LogP contribution is -2.35. The van der Waals surface area contributed by atoms with Gasteiger partial charge in [0.2, 0.25) is 0 Å². The molecular weight excluding hydrogens is 368 g/mol. The van der Waals surface area contributed by atoms with Crippen LogP contribution in [0.15, 0.2) is 47.6 Å². The quantitative estimate of drug-likeness (QED) is 0.484. The van der Waals surface area contributed by atoms with E-state index in [1.165, 1.54) is 12.5 Å². The van der Waals surface area contributed by atoms with Gasteiger partial charge in [-0.15, -0.1) is 0 Å². The Kier molecular flexibility index (Phi) is 5.04. The third-order valence-corrected chi connectivity index (χ3v) is 8.22. The second kappa shape index (κ2) is 9.17. The Morgan fingerprint density at radius 3 is 2.67 bits per heavy atom. The highest BCUT2D eigenvalue weighted by molar-refractivity contribution is 5.36. The Hall–Kier alpha value is -1.12. The van der Waals surface area contributed by atoms with Crippen LogP contribution in [0.3, 0.4) is 0 Å². The van der Waals surface area contributed by atoms with E-state index >= 15 is 0 Å². The van der Waals surface area contributed by atoms with Crippen LogP contribution in [0.1, 0.15) is 94.1 Å². The smallest absolute Gasteiger partial charge is 0.0651 e. The van der Waals surface area contributed by atoms with Gasteiger partial charge in [-0.3, -0.25) is 0 Å². The van der Waals surface area contributed by atoms with Gasteiger partial charge in [-0.2, -0.15) is 0 Å². The molecule has 30 heavy (non-hydrogen) atoms. The lowest BCUT2D eigenvalue weighted by Gasteiger charge is -2.44. The molecule has 0 amide bonds. The van der Waals surface area contributed by atoms with E-state index in [1.54, 1.807) is 6.08 Å². The van der Waals surface area contributed by atoms with Crippen LogP contribution in [0, 0.1) is 29.1 Å². The van der Waals surface area contributed by atoms with Crippen molar-refractivity contribution in [2.45, 2.75) is 97.5 Å². The molecule has 0 spiro atoms. The first kappa shape index (κ1) is 16.5. The van der Waals surface area contributed by atoms with Gasteiger partial charge in [0.15, 0.2) is 0 Å². The summed E-state index contributed by atoms with van der Waals surface area (Å²) in [5.41, 5.74) is 1.08. The first-order valence-electron chi connectivity index (χ1n) is 14.7. The Balaban J connectivity index is 1.78. The van der Waals surface area contributed by atoms with Crippen molar-refractivity contribution in [2.75, 3.05) is 0 Å². The molecule has 2 nitrogen and oxygen atoms in total. The summed E-state index contributed by atoms with van der Waals surface area (Å²) in [6.07, 6.45) is 15.5. The molecule has 0 aromatic heterocycles. The molecule has 3 aliphatic carbocycles. The highest BCUT2D eigenvalue weighted by atomic mass is 16.3. The SMILES string of the molecule is [2H]C([2H])([2H])C(O)([C@@H](C)C=C[C@@H](C)[C@H]1CC[C@H]2/C(=C\C=C3/C[C@@H](O)CCC3=C)CCC[C@]12C)C([2H])([2H])[2H]. The van der Waals surface area contributed by atoms with E-state index in [2.05, 4.69) is 32.6 Å². The second-order valence-electron chi connectivity index (χ2n) is 10.3. The molecule has 0 radical (unpaired) electrons. The van der Waals surface area contributed by atoms with Gasteiger partial charge >= 0.3 is 0 Å².